The van der Waals surface area contributed by atoms with E-state index in [1.54, 1.807) is 30.6 Å². The molecule has 7 heteroatoms. The number of aromatic amines is 1. The van der Waals surface area contributed by atoms with Crippen LogP contribution in [0.15, 0.2) is 47.7 Å². The molecule has 0 atom stereocenters. The smallest absolute Gasteiger partial charge is 0.265 e. The lowest BCUT2D eigenvalue weighted by Crippen LogP contribution is -2.15. The summed E-state index contributed by atoms with van der Waals surface area (Å²) in [5.74, 6) is 0. The summed E-state index contributed by atoms with van der Waals surface area (Å²) in [5.41, 5.74) is 1.36. The van der Waals surface area contributed by atoms with Gasteiger partial charge in [-0.1, -0.05) is 0 Å². The van der Waals surface area contributed by atoms with Crippen molar-refractivity contribution in [3.63, 3.8) is 0 Å². The molecule has 1 N–H and O–H groups in total. The third-order valence-electron chi connectivity index (χ3n) is 2.74. The first-order chi connectivity index (χ1) is 9.79. The van der Waals surface area contributed by atoms with Crippen LogP contribution in [0, 0.1) is 11.3 Å². The summed E-state index contributed by atoms with van der Waals surface area (Å²) in [5, 5.41) is 15.5. The number of aromatic nitrogens is 5. The quantitative estimate of drug-likeness (QED) is 0.740. The van der Waals surface area contributed by atoms with Gasteiger partial charge >= 0.3 is 0 Å². The van der Waals surface area contributed by atoms with E-state index >= 15 is 0 Å². The first-order valence-corrected chi connectivity index (χ1v) is 5.74. The Labute approximate surface area is 113 Å². The third kappa shape index (κ3) is 1.95. The van der Waals surface area contributed by atoms with E-state index in [0.717, 1.165) is 0 Å². The van der Waals surface area contributed by atoms with Gasteiger partial charge in [-0.3, -0.25) is 9.78 Å². The van der Waals surface area contributed by atoms with Crippen LogP contribution in [0.2, 0.25) is 0 Å². The molecular weight excluding hydrogens is 256 g/mol. The number of rotatable bonds is 2. The summed E-state index contributed by atoms with van der Waals surface area (Å²) in [4.78, 5) is 20.1. The third-order valence-corrected chi connectivity index (χ3v) is 2.74. The molecule has 7 nitrogen and oxygen atoms in total. The van der Waals surface area contributed by atoms with Gasteiger partial charge in [-0.25, -0.2) is 14.9 Å². The van der Waals surface area contributed by atoms with Gasteiger partial charge in [0.05, 0.1) is 5.69 Å². The SMILES string of the molecule is N#Cc1cc(-c2n[nH]n(-c3ccncc3)c2=O)ccn1. The first-order valence-electron chi connectivity index (χ1n) is 5.74. The van der Waals surface area contributed by atoms with E-state index in [-0.39, 0.29) is 16.9 Å². The van der Waals surface area contributed by atoms with Crippen molar-refractivity contribution in [2.45, 2.75) is 0 Å². The second-order valence-electron chi connectivity index (χ2n) is 3.95. The lowest BCUT2D eigenvalue weighted by Gasteiger charge is -1.97. The first kappa shape index (κ1) is 11.8. The van der Waals surface area contributed by atoms with E-state index in [9.17, 15) is 4.79 Å². The van der Waals surface area contributed by atoms with Crippen LogP contribution < -0.4 is 5.56 Å². The number of H-pyrrole nitrogens is 1. The Balaban J connectivity index is 2.12. The van der Waals surface area contributed by atoms with Crippen molar-refractivity contribution in [2.75, 3.05) is 0 Å². The molecule has 0 spiro atoms. The zero-order valence-electron chi connectivity index (χ0n) is 10.2. The summed E-state index contributed by atoms with van der Waals surface area (Å²) in [6.45, 7) is 0. The fourth-order valence-corrected chi connectivity index (χ4v) is 1.79. The second kappa shape index (κ2) is 4.78. The maximum absolute atomic E-state index is 12.3. The molecule has 0 aliphatic carbocycles. The predicted molar refractivity (Wildman–Crippen MR) is 69.9 cm³/mol. The second-order valence-corrected chi connectivity index (χ2v) is 3.95. The molecule has 0 fully saturated rings. The van der Waals surface area contributed by atoms with E-state index in [1.807, 2.05) is 6.07 Å². The summed E-state index contributed by atoms with van der Waals surface area (Å²) in [7, 11) is 0. The molecule has 0 bridgehead atoms. The maximum Gasteiger partial charge on any atom is 0.299 e. The van der Waals surface area contributed by atoms with Crippen LogP contribution in [-0.4, -0.2) is 25.0 Å². The zero-order chi connectivity index (χ0) is 13.9. The van der Waals surface area contributed by atoms with Crippen LogP contribution in [-0.2, 0) is 0 Å². The lowest BCUT2D eigenvalue weighted by molar-refractivity contribution is 0.784. The Bertz CT molecular complexity index is 843. The largest absolute Gasteiger partial charge is 0.299 e. The molecular formula is C13H8N6O. The van der Waals surface area contributed by atoms with Crippen LogP contribution >= 0.6 is 0 Å². The van der Waals surface area contributed by atoms with Gasteiger partial charge in [0.25, 0.3) is 5.56 Å². The van der Waals surface area contributed by atoms with E-state index < -0.39 is 0 Å². The van der Waals surface area contributed by atoms with Gasteiger partial charge in [-0.2, -0.15) is 10.4 Å². The normalized spacial score (nSPS) is 10.2. The standard InChI is InChI=1S/C13H8N6O/c14-8-10-7-9(1-6-16-10)12-13(20)19(18-17-12)11-2-4-15-5-3-11/h1-7,18H. The highest BCUT2D eigenvalue weighted by molar-refractivity contribution is 5.59. The van der Waals surface area contributed by atoms with Crippen molar-refractivity contribution in [3.05, 3.63) is 58.9 Å². The van der Waals surface area contributed by atoms with Gasteiger partial charge in [0.2, 0.25) is 0 Å². The number of hydrogen-bond acceptors (Lipinski definition) is 5. The van der Waals surface area contributed by atoms with Crippen molar-refractivity contribution >= 4 is 0 Å². The predicted octanol–water partition coefficient (Wildman–Crippen LogP) is 0.889. The van der Waals surface area contributed by atoms with Gasteiger partial charge in [0, 0.05) is 24.2 Å². The molecule has 0 amide bonds. The van der Waals surface area contributed by atoms with Crippen LogP contribution in [0.5, 0.6) is 0 Å². The number of hydrogen-bond donors (Lipinski definition) is 1. The van der Waals surface area contributed by atoms with Crippen molar-refractivity contribution in [1.29, 1.82) is 5.26 Å². The number of nitrogens with zero attached hydrogens (tertiary/aromatic N) is 5. The zero-order valence-corrected chi connectivity index (χ0v) is 10.2. The monoisotopic (exact) mass is 264 g/mol. The average molecular weight is 264 g/mol. The van der Waals surface area contributed by atoms with E-state index in [1.165, 1.54) is 16.9 Å². The van der Waals surface area contributed by atoms with Crippen molar-refractivity contribution in [3.8, 4) is 23.0 Å². The topological polar surface area (TPSA) is 100 Å². The van der Waals surface area contributed by atoms with Crippen molar-refractivity contribution in [2.24, 2.45) is 0 Å². The van der Waals surface area contributed by atoms with Crippen molar-refractivity contribution < 1.29 is 0 Å². The van der Waals surface area contributed by atoms with Crippen LogP contribution in [0.3, 0.4) is 0 Å². The molecule has 3 aromatic rings. The van der Waals surface area contributed by atoms with Crippen LogP contribution in [0.4, 0.5) is 0 Å². The van der Waals surface area contributed by atoms with Crippen LogP contribution in [0.25, 0.3) is 16.9 Å². The molecule has 0 saturated carbocycles. The molecule has 0 aliphatic heterocycles. The summed E-state index contributed by atoms with van der Waals surface area (Å²) in [6.07, 6.45) is 4.64. The fourth-order valence-electron chi connectivity index (χ4n) is 1.79. The molecule has 96 valence electrons. The van der Waals surface area contributed by atoms with E-state index in [2.05, 4.69) is 20.3 Å². The number of pyridine rings is 2. The molecule has 3 heterocycles. The molecule has 0 radical (unpaired) electrons. The maximum atomic E-state index is 12.3. The highest BCUT2D eigenvalue weighted by Gasteiger charge is 2.12. The molecule has 3 rings (SSSR count). The van der Waals surface area contributed by atoms with Gasteiger partial charge in [-0.05, 0) is 24.3 Å². The van der Waals surface area contributed by atoms with Gasteiger partial charge < -0.3 is 0 Å². The Morgan fingerprint density at radius 3 is 2.75 bits per heavy atom. The molecule has 3 aromatic heterocycles. The highest BCUT2D eigenvalue weighted by Crippen LogP contribution is 2.13. The Kier molecular flexibility index (Phi) is 2.82. The Morgan fingerprint density at radius 2 is 2.00 bits per heavy atom. The average Bonchev–Trinajstić information content (AvgIpc) is 2.90. The number of nitriles is 1. The van der Waals surface area contributed by atoms with Gasteiger partial charge in [0.1, 0.15) is 11.8 Å². The molecule has 20 heavy (non-hydrogen) atoms. The summed E-state index contributed by atoms with van der Waals surface area (Å²) in [6, 6.07) is 8.47. The summed E-state index contributed by atoms with van der Waals surface area (Å²) >= 11 is 0. The molecule has 0 aliphatic rings. The minimum Gasteiger partial charge on any atom is -0.265 e. The van der Waals surface area contributed by atoms with E-state index in [4.69, 9.17) is 5.26 Å². The summed E-state index contributed by atoms with van der Waals surface area (Å²) < 4.78 is 1.31. The molecule has 0 unspecified atom stereocenters. The lowest BCUT2D eigenvalue weighted by atomic mass is 10.2. The van der Waals surface area contributed by atoms with Gasteiger partial charge in [0.15, 0.2) is 5.69 Å². The Morgan fingerprint density at radius 1 is 1.20 bits per heavy atom. The minimum atomic E-state index is -0.300. The van der Waals surface area contributed by atoms with E-state index in [0.29, 0.717) is 11.3 Å². The number of nitrogens with one attached hydrogen (secondary N) is 1. The van der Waals surface area contributed by atoms with Crippen LogP contribution in [0.1, 0.15) is 5.69 Å². The molecule has 0 aromatic carbocycles. The highest BCUT2D eigenvalue weighted by atomic mass is 16.1. The van der Waals surface area contributed by atoms with Crippen molar-refractivity contribution in [1.82, 2.24) is 25.0 Å². The van der Waals surface area contributed by atoms with Gasteiger partial charge in [-0.15, -0.1) is 0 Å². The minimum absolute atomic E-state index is 0.236. The molecule has 0 saturated heterocycles. The Hall–Kier alpha value is -3.27. The fraction of sp³-hybridized carbons (Fsp3) is 0.